The number of hydrogen-bond donors (Lipinski definition) is 0. The van der Waals surface area contributed by atoms with E-state index >= 15 is 0 Å². The van der Waals surface area contributed by atoms with Crippen molar-refractivity contribution in [1.82, 2.24) is 4.90 Å². The highest BCUT2D eigenvalue weighted by Gasteiger charge is 2.31. The molecule has 0 spiro atoms. The molecule has 0 aliphatic carbocycles. The zero-order valence-corrected chi connectivity index (χ0v) is 7.63. The third-order valence-corrected chi connectivity index (χ3v) is 2.48. The fraction of sp³-hybridized carbons (Fsp3) is 0.889. The van der Waals surface area contributed by atoms with Gasteiger partial charge in [0, 0.05) is 19.0 Å². The number of nitrogens with zero attached hydrogens (tertiary/aromatic N) is 1. The van der Waals surface area contributed by atoms with Crippen LogP contribution in [0.3, 0.4) is 0 Å². The van der Waals surface area contributed by atoms with E-state index in [1.165, 1.54) is 0 Å². The molecular formula is C9H17NO. The third kappa shape index (κ3) is 1.55. The monoisotopic (exact) mass is 155 g/mol. The molecule has 0 aromatic heterocycles. The van der Waals surface area contributed by atoms with Gasteiger partial charge < -0.3 is 4.90 Å². The van der Waals surface area contributed by atoms with E-state index in [1.807, 2.05) is 4.90 Å². The summed E-state index contributed by atoms with van der Waals surface area (Å²) in [4.78, 5) is 13.3. The minimum absolute atomic E-state index is 0.339. The Morgan fingerprint density at radius 2 is 2.27 bits per heavy atom. The van der Waals surface area contributed by atoms with E-state index in [4.69, 9.17) is 0 Å². The maximum Gasteiger partial charge on any atom is 0.222 e. The molecule has 0 saturated carbocycles. The van der Waals surface area contributed by atoms with Gasteiger partial charge >= 0.3 is 0 Å². The molecular weight excluding hydrogens is 138 g/mol. The second kappa shape index (κ2) is 3.24. The van der Waals surface area contributed by atoms with E-state index in [0.29, 0.717) is 17.9 Å². The molecule has 0 radical (unpaired) electrons. The number of carbonyl (C=O) groups is 1. The Hall–Kier alpha value is -0.530. The Labute approximate surface area is 68.6 Å². The van der Waals surface area contributed by atoms with Crippen LogP contribution in [0.2, 0.25) is 0 Å². The highest BCUT2D eigenvalue weighted by atomic mass is 16.2. The minimum atomic E-state index is 0.339. The number of amides is 1. The molecule has 1 atom stereocenters. The first-order valence-electron chi connectivity index (χ1n) is 4.46. The molecule has 0 bridgehead atoms. The molecule has 0 aromatic rings. The van der Waals surface area contributed by atoms with E-state index in [-0.39, 0.29) is 0 Å². The molecule has 2 heteroatoms. The van der Waals surface area contributed by atoms with Gasteiger partial charge in [-0.1, -0.05) is 13.8 Å². The van der Waals surface area contributed by atoms with Crippen molar-refractivity contribution in [2.45, 2.75) is 39.7 Å². The summed E-state index contributed by atoms with van der Waals surface area (Å²) in [6.07, 6.45) is 1.82. The molecule has 0 unspecified atom stereocenters. The second-order valence-electron chi connectivity index (χ2n) is 3.53. The fourth-order valence-electron chi connectivity index (χ4n) is 1.86. The summed E-state index contributed by atoms with van der Waals surface area (Å²) in [6.45, 7) is 7.30. The Morgan fingerprint density at radius 1 is 1.64 bits per heavy atom. The molecule has 11 heavy (non-hydrogen) atoms. The summed E-state index contributed by atoms with van der Waals surface area (Å²) in [6, 6.07) is 0.507. The van der Waals surface area contributed by atoms with Crippen LogP contribution in [0.1, 0.15) is 33.6 Å². The van der Waals surface area contributed by atoms with Gasteiger partial charge in [-0.05, 0) is 19.3 Å². The predicted molar refractivity (Wildman–Crippen MR) is 45.2 cm³/mol. The van der Waals surface area contributed by atoms with Gasteiger partial charge in [-0.2, -0.15) is 0 Å². The van der Waals surface area contributed by atoms with Crippen LogP contribution in [0.15, 0.2) is 0 Å². The molecule has 1 rings (SSSR count). The van der Waals surface area contributed by atoms with Crippen molar-refractivity contribution in [3.8, 4) is 0 Å². The number of likely N-dealkylation sites (tertiary alicyclic amines) is 1. The highest BCUT2D eigenvalue weighted by molar-refractivity contribution is 5.78. The number of carbonyl (C=O) groups excluding carboxylic acids is 1. The molecule has 1 heterocycles. The zero-order valence-electron chi connectivity index (χ0n) is 7.63. The van der Waals surface area contributed by atoms with Gasteiger partial charge in [-0.15, -0.1) is 0 Å². The summed E-state index contributed by atoms with van der Waals surface area (Å²) in [7, 11) is 0. The highest BCUT2D eigenvalue weighted by Crippen LogP contribution is 2.23. The molecule has 64 valence electrons. The Kier molecular flexibility index (Phi) is 2.53. The van der Waals surface area contributed by atoms with Crippen LogP contribution in [-0.2, 0) is 4.79 Å². The van der Waals surface area contributed by atoms with Gasteiger partial charge in [0.05, 0.1) is 0 Å². The van der Waals surface area contributed by atoms with E-state index in [0.717, 1.165) is 19.4 Å². The van der Waals surface area contributed by atoms with Crippen LogP contribution in [-0.4, -0.2) is 23.4 Å². The van der Waals surface area contributed by atoms with Gasteiger partial charge in [0.25, 0.3) is 0 Å². The standard InChI is InChI=1S/C9H17NO/c1-4-10-8(7(2)3)5-6-9(10)11/h7-8H,4-6H2,1-3H3/t8-/m0/s1. The number of rotatable bonds is 2. The summed E-state index contributed by atoms with van der Waals surface area (Å²) >= 11 is 0. The van der Waals surface area contributed by atoms with Gasteiger partial charge in [-0.25, -0.2) is 0 Å². The van der Waals surface area contributed by atoms with Gasteiger partial charge in [0.2, 0.25) is 5.91 Å². The molecule has 1 aliphatic rings. The molecule has 1 aliphatic heterocycles. The average Bonchev–Trinajstić information content (AvgIpc) is 2.30. The molecule has 2 nitrogen and oxygen atoms in total. The third-order valence-electron chi connectivity index (χ3n) is 2.48. The van der Waals surface area contributed by atoms with Crippen molar-refractivity contribution in [3.63, 3.8) is 0 Å². The van der Waals surface area contributed by atoms with E-state index in [9.17, 15) is 4.79 Å². The van der Waals surface area contributed by atoms with Crippen LogP contribution >= 0.6 is 0 Å². The lowest BCUT2D eigenvalue weighted by molar-refractivity contribution is -0.129. The predicted octanol–water partition coefficient (Wildman–Crippen LogP) is 1.65. The SMILES string of the molecule is CCN1C(=O)CC[C@H]1C(C)C. The van der Waals surface area contributed by atoms with Gasteiger partial charge in [0.15, 0.2) is 0 Å². The van der Waals surface area contributed by atoms with Crippen molar-refractivity contribution in [2.75, 3.05) is 6.54 Å². The first-order chi connectivity index (χ1) is 5.16. The zero-order chi connectivity index (χ0) is 8.43. The van der Waals surface area contributed by atoms with Crippen LogP contribution in [0.25, 0.3) is 0 Å². The Balaban J connectivity index is 2.61. The topological polar surface area (TPSA) is 20.3 Å². The Morgan fingerprint density at radius 3 is 2.64 bits per heavy atom. The van der Waals surface area contributed by atoms with Crippen molar-refractivity contribution in [1.29, 1.82) is 0 Å². The maximum absolute atomic E-state index is 11.2. The fourth-order valence-corrected chi connectivity index (χ4v) is 1.86. The average molecular weight is 155 g/mol. The molecule has 0 aromatic carbocycles. The first kappa shape index (κ1) is 8.57. The van der Waals surface area contributed by atoms with Crippen molar-refractivity contribution in [3.05, 3.63) is 0 Å². The largest absolute Gasteiger partial charge is 0.340 e. The van der Waals surface area contributed by atoms with Crippen molar-refractivity contribution in [2.24, 2.45) is 5.92 Å². The second-order valence-corrected chi connectivity index (χ2v) is 3.53. The Bertz CT molecular complexity index is 154. The normalized spacial score (nSPS) is 25.3. The summed E-state index contributed by atoms with van der Waals surface area (Å²) in [5.41, 5.74) is 0. The quantitative estimate of drug-likeness (QED) is 0.594. The van der Waals surface area contributed by atoms with Crippen LogP contribution < -0.4 is 0 Å². The molecule has 1 amide bonds. The lowest BCUT2D eigenvalue weighted by atomic mass is 10.0. The minimum Gasteiger partial charge on any atom is -0.340 e. The van der Waals surface area contributed by atoms with Crippen LogP contribution in [0.5, 0.6) is 0 Å². The first-order valence-corrected chi connectivity index (χ1v) is 4.46. The summed E-state index contributed by atoms with van der Waals surface area (Å²) in [5, 5.41) is 0. The van der Waals surface area contributed by atoms with Crippen LogP contribution in [0.4, 0.5) is 0 Å². The van der Waals surface area contributed by atoms with Crippen molar-refractivity contribution >= 4 is 5.91 Å². The summed E-state index contributed by atoms with van der Waals surface area (Å²) in [5.74, 6) is 0.951. The van der Waals surface area contributed by atoms with Crippen molar-refractivity contribution < 1.29 is 4.79 Å². The van der Waals surface area contributed by atoms with Gasteiger partial charge in [-0.3, -0.25) is 4.79 Å². The number of hydrogen-bond acceptors (Lipinski definition) is 1. The van der Waals surface area contributed by atoms with E-state index in [2.05, 4.69) is 20.8 Å². The molecule has 0 N–H and O–H groups in total. The summed E-state index contributed by atoms with van der Waals surface area (Å²) < 4.78 is 0. The van der Waals surface area contributed by atoms with E-state index < -0.39 is 0 Å². The molecule has 1 fully saturated rings. The van der Waals surface area contributed by atoms with Crippen LogP contribution in [0, 0.1) is 5.92 Å². The maximum atomic E-state index is 11.2. The lowest BCUT2D eigenvalue weighted by Crippen LogP contribution is -2.35. The van der Waals surface area contributed by atoms with E-state index in [1.54, 1.807) is 0 Å². The lowest BCUT2D eigenvalue weighted by Gasteiger charge is -2.26. The van der Waals surface area contributed by atoms with Gasteiger partial charge in [0.1, 0.15) is 0 Å². The molecule has 1 saturated heterocycles. The smallest absolute Gasteiger partial charge is 0.222 e.